The molecule has 5 rings (SSSR count). The zero-order valence-electron chi connectivity index (χ0n) is 24.8. The van der Waals surface area contributed by atoms with Crippen LogP contribution in [0, 0.1) is 34.5 Å². The van der Waals surface area contributed by atoms with E-state index in [-0.39, 0.29) is 28.7 Å². The Morgan fingerprint density at radius 3 is 2.29 bits per heavy atom. The van der Waals surface area contributed by atoms with E-state index < -0.39 is 18.1 Å². The molecule has 3 N–H and O–H groups in total. The number of carbonyl (C=O) groups excluding carboxylic acids is 1. The van der Waals surface area contributed by atoms with Gasteiger partial charge in [-0.05, 0) is 97.0 Å². The molecule has 0 bridgehead atoms. The molecule has 0 spiro atoms. The molecule has 228 valence electrons. The molecular formula is C33H48Cl2N2O4. The van der Waals surface area contributed by atoms with Gasteiger partial charge in [0.25, 0.3) is 0 Å². The van der Waals surface area contributed by atoms with Gasteiger partial charge < -0.3 is 15.5 Å². The molecule has 0 heterocycles. The number of rotatable bonds is 9. The summed E-state index contributed by atoms with van der Waals surface area (Å²) in [5.41, 5.74) is 2.08. The number of aliphatic hydroxyl groups is 1. The van der Waals surface area contributed by atoms with E-state index in [1.165, 1.54) is 12.8 Å². The largest absolute Gasteiger partial charge is 0.480 e. The van der Waals surface area contributed by atoms with Crippen LogP contribution in [0.1, 0.15) is 95.2 Å². The summed E-state index contributed by atoms with van der Waals surface area (Å²) >= 11 is 12.1. The highest BCUT2D eigenvalue weighted by atomic mass is 35.5. The number of hydrogen-bond donors (Lipinski definition) is 3. The SMILES string of the molecule is CC(=O)NC1CCC2C3CCC4C(c5cccc(C(C(=O)O)N(CCCl)CCCl)c5)C(O)CC[C@]4(C)C3CC[C@]12C. The average molecular weight is 608 g/mol. The van der Waals surface area contributed by atoms with E-state index in [0.29, 0.717) is 48.5 Å². The first-order valence-corrected chi connectivity index (χ1v) is 16.8. The van der Waals surface area contributed by atoms with E-state index >= 15 is 0 Å². The van der Waals surface area contributed by atoms with Gasteiger partial charge in [-0.15, -0.1) is 23.2 Å². The van der Waals surface area contributed by atoms with Crippen molar-refractivity contribution in [3.8, 4) is 0 Å². The van der Waals surface area contributed by atoms with Crippen LogP contribution in [0.25, 0.3) is 0 Å². The van der Waals surface area contributed by atoms with E-state index in [9.17, 15) is 19.8 Å². The Balaban J connectivity index is 1.43. The van der Waals surface area contributed by atoms with Crippen LogP contribution >= 0.6 is 23.2 Å². The summed E-state index contributed by atoms with van der Waals surface area (Å²) < 4.78 is 0. The van der Waals surface area contributed by atoms with E-state index in [2.05, 4.69) is 25.2 Å². The highest BCUT2D eigenvalue weighted by Crippen LogP contribution is 2.68. The lowest BCUT2D eigenvalue weighted by molar-refractivity contribution is -0.143. The Morgan fingerprint density at radius 1 is 0.976 bits per heavy atom. The number of aliphatic hydroxyl groups excluding tert-OH is 1. The van der Waals surface area contributed by atoms with Crippen LogP contribution in [0.4, 0.5) is 0 Å². The molecule has 6 nitrogen and oxygen atoms in total. The third-order valence-corrected chi connectivity index (χ3v) is 12.4. The quantitative estimate of drug-likeness (QED) is 0.291. The standard InChI is InChI=1S/C33H48Cl2N2O4/c1-20(38)36-28-10-9-24-23-7-8-26-29(27(39)12-14-32(26,2)25(23)11-13-33(24,28)3)21-5-4-6-22(19-21)30(31(40)41)37(17-15-34)18-16-35/h4-6,19,23-30,39H,7-18H2,1-3H3,(H,36,38)(H,40,41)/t23?,24?,25?,26?,27?,28?,29?,30?,32-,33+/m1/s1. The van der Waals surface area contributed by atoms with Crippen molar-refractivity contribution in [1.82, 2.24) is 10.2 Å². The van der Waals surface area contributed by atoms with Crippen molar-refractivity contribution < 1.29 is 19.8 Å². The maximum atomic E-state index is 12.5. The predicted octanol–water partition coefficient (Wildman–Crippen LogP) is 6.19. The predicted molar refractivity (Wildman–Crippen MR) is 163 cm³/mol. The number of carboxylic acids is 1. The summed E-state index contributed by atoms with van der Waals surface area (Å²) in [6.45, 7) is 7.43. The van der Waals surface area contributed by atoms with Gasteiger partial charge >= 0.3 is 5.97 Å². The zero-order valence-corrected chi connectivity index (χ0v) is 26.3. The van der Waals surface area contributed by atoms with Crippen LogP contribution < -0.4 is 5.32 Å². The number of hydrogen-bond acceptors (Lipinski definition) is 4. The Hall–Kier alpha value is -1.34. The van der Waals surface area contributed by atoms with Gasteiger partial charge in [0.1, 0.15) is 6.04 Å². The lowest BCUT2D eigenvalue weighted by Crippen LogP contribution is -2.57. The molecule has 0 saturated heterocycles. The molecule has 8 unspecified atom stereocenters. The minimum Gasteiger partial charge on any atom is -0.480 e. The molecular weight excluding hydrogens is 559 g/mol. The van der Waals surface area contributed by atoms with Gasteiger partial charge in [-0.25, -0.2) is 0 Å². The Labute approximate surface area is 255 Å². The fourth-order valence-corrected chi connectivity index (χ4v) is 10.8. The first-order valence-electron chi connectivity index (χ1n) is 15.7. The summed E-state index contributed by atoms with van der Waals surface area (Å²) in [5.74, 6) is 2.08. The number of fused-ring (bicyclic) bond motifs is 5. The molecule has 0 radical (unpaired) electrons. The van der Waals surface area contributed by atoms with Gasteiger partial charge in [0, 0.05) is 43.7 Å². The lowest BCUT2D eigenvalue weighted by atomic mass is 9.43. The number of amides is 1. The topological polar surface area (TPSA) is 89.9 Å². The molecule has 41 heavy (non-hydrogen) atoms. The number of nitrogens with zero attached hydrogens (tertiary/aromatic N) is 1. The molecule has 4 saturated carbocycles. The maximum absolute atomic E-state index is 12.5. The van der Waals surface area contributed by atoms with Gasteiger partial charge in [0.15, 0.2) is 0 Å². The van der Waals surface area contributed by atoms with Crippen LogP contribution in [0.2, 0.25) is 0 Å². The van der Waals surface area contributed by atoms with Crippen LogP contribution in [-0.2, 0) is 9.59 Å². The fourth-order valence-electron chi connectivity index (χ4n) is 10.3. The Morgan fingerprint density at radius 2 is 1.63 bits per heavy atom. The van der Waals surface area contributed by atoms with E-state index in [4.69, 9.17) is 23.2 Å². The van der Waals surface area contributed by atoms with Gasteiger partial charge in [-0.1, -0.05) is 38.1 Å². The first-order chi connectivity index (χ1) is 19.5. The van der Waals surface area contributed by atoms with E-state index in [1.807, 2.05) is 23.1 Å². The molecule has 1 amide bonds. The van der Waals surface area contributed by atoms with Gasteiger partial charge in [0.2, 0.25) is 5.91 Å². The number of aliphatic carboxylic acids is 1. The number of carboxylic acid groups (broad SMARTS) is 1. The van der Waals surface area contributed by atoms with E-state index in [1.54, 1.807) is 6.92 Å². The maximum Gasteiger partial charge on any atom is 0.325 e. The number of halogens is 2. The van der Waals surface area contributed by atoms with Crippen molar-refractivity contribution in [3.05, 3.63) is 35.4 Å². The summed E-state index contributed by atoms with van der Waals surface area (Å²) in [4.78, 5) is 26.3. The van der Waals surface area contributed by atoms with E-state index in [0.717, 1.165) is 49.7 Å². The second kappa shape index (κ2) is 12.3. The number of nitrogens with one attached hydrogen (secondary N) is 1. The molecule has 4 aliphatic carbocycles. The zero-order chi connectivity index (χ0) is 29.5. The number of carbonyl (C=O) groups is 2. The second-order valence-corrected chi connectivity index (χ2v) is 14.7. The minimum absolute atomic E-state index is 0.0115. The van der Waals surface area contributed by atoms with Crippen LogP contribution in [-0.4, -0.2) is 64.0 Å². The van der Waals surface area contributed by atoms with Crippen LogP contribution in [0.3, 0.4) is 0 Å². The first kappa shape index (κ1) is 31.1. The molecule has 8 heteroatoms. The van der Waals surface area contributed by atoms with Crippen molar-refractivity contribution >= 4 is 35.1 Å². The van der Waals surface area contributed by atoms with Crippen LogP contribution in [0.5, 0.6) is 0 Å². The highest BCUT2D eigenvalue weighted by Gasteiger charge is 2.62. The molecule has 0 aliphatic heterocycles. The van der Waals surface area contributed by atoms with Crippen molar-refractivity contribution in [2.45, 2.75) is 96.2 Å². The minimum atomic E-state index is -0.911. The summed E-state index contributed by atoms with van der Waals surface area (Å²) in [6, 6.07) is 7.42. The molecule has 4 fully saturated rings. The van der Waals surface area contributed by atoms with Gasteiger partial charge in [-0.2, -0.15) is 0 Å². The average Bonchev–Trinajstić information content (AvgIpc) is 3.25. The monoisotopic (exact) mass is 606 g/mol. The van der Waals surface area contributed by atoms with Crippen molar-refractivity contribution in [3.63, 3.8) is 0 Å². The second-order valence-electron chi connectivity index (χ2n) is 13.9. The molecule has 1 aromatic carbocycles. The molecule has 4 aliphatic rings. The number of alkyl halides is 2. The summed E-state index contributed by atoms with van der Waals surface area (Å²) in [6.07, 6.45) is 8.20. The third-order valence-electron chi connectivity index (χ3n) is 12.1. The third kappa shape index (κ3) is 5.56. The van der Waals surface area contributed by atoms with Gasteiger partial charge in [-0.3, -0.25) is 14.5 Å². The van der Waals surface area contributed by atoms with Crippen molar-refractivity contribution in [2.24, 2.45) is 34.5 Å². The summed E-state index contributed by atoms with van der Waals surface area (Å²) in [7, 11) is 0. The molecule has 1 aromatic rings. The van der Waals surface area contributed by atoms with Gasteiger partial charge in [0.05, 0.1) is 6.10 Å². The van der Waals surface area contributed by atoms with Crippen molar-refractivity contribution in [2.75, 3.05) is 24.8 Å². The lowest BCUT2D eigenvalue weighted by Gasteiger charge is -2.62. The van der Waals surface area contributed by atoms with Crippen LogP contribution in [0.15, 0.2) is 24.3 Å². The number of benzene rings is 1. The normalized spacial score (nSPS) is 39.0. The fraction of sp³-hybridized carbons (Fsp3) is 0.758. The Kier molecular flexibility index (Phi) is 9.36. The van der Waals surface area contributed by atoms with Crippen molar-refractivity contribution in [1.29, 1.82) is 0 Å². The smallest absolute Gasteiger partial charge is 0.325 e. The Bertz CT molecular complexity index is 1110. The highest BCUT2D eigenvalue weighted by molar-refractivity contribution is 6.18. The molecule has 0 aromatic heterocycles. The summed E-state index contributed by atoms with van der Waals surface area (Å²) in [5, 5.41) is 25.0. The molecule has 10 atom stereocenters.